The van der Waals surface area contributed by atoms with Gasteiger partial charge in [0.05, 0.1) is 21.8 Å². The van der Waals surface area contributed by atoms with Crippen LogP contribution in [0.1, 0.15) is 0 Å². The van der Waals surface area contributed by atoms with Crippen LogP contribution in [0.2, 0.25) is 0 Å². The van der Waals surface area contributed by atoms with Crippen LogP contribution in [0.25, 0.3) is 21.8 Å². The van der Waals surface area contributed by atoms with Crippen LogP contribution in [-0.2, 0) is 0 Å². The van der Waals surface area contributed by atoms with Crippen molar-refractivity contribution in [2.24, 2.45) is 0 Å². The van der Waals surface area contributed by atoms with Gasteiger partial charge in [0.1, 0.15) is 5.82 Å². The van der Waals surface area contributed by atoms with Crippen molar-refractivity contribution in [3.8, 4) is 0 Å². The topological polar surface area (TPSA) is 131 Å². The SMILES string of the molecule is O=c1[nH]c(=O)c2cc(Br)ccc2[nH]1.O=c1[nH]c(=O)c2cccc(F)c2[nH]1. The summed E-state index contributed by atoms with van der Waals surface area (Å²) in [7, 11) is 0. The Labute approximate surface area is 150 Å². The van der Waals surface area contributed by atoms with Gasteiger partial charge in [-0.1, -0.05) is 22.0 Å². The first kappa shape index (κ1) is 17.5. The number of fused-ring (bicyclic) bond motifs is 2. The first-order valence-corrected chi connectivity index (χ1v) is 7.97. The molecule has 0 unspecified atom stereocenters. The van der Waals surface area contributed by atoms with Gasteiger partial charge in [-0.25, -0.2) is 14.0 Å². The molecule has 26 heavy (non-hydrogen) atoms. The minimum Gasteiger partial charge on any atom is -0.307 e. The van der Waals surface area contributed by atoms with Gasteiger partial charge in [-0.3, -0.25) is 19.6 Å². The van der Waals surface area contributed by atoms with E-state index in [0.717, 1.165) is 4.47 Å². The van der Waals surface area contributed by atoms with Gasteiger partial charge in [0, 0.05) is 4.47 Å². The Balaban J connectivity index is 0.000000151. The summed E-state index contributed by atoms with van der Waals surface area (Å²) in [6, 6.07) is 9.12. The van der Waals surface area contributed by atoms with Gasteiger partial charge in [-0.2, -0.15) is 0 Å². The van der Waals surface area contributed by atoms with Crippen molar-refractivity contribution in [3.05, 3.63) is 88.4 Å². The van der Waals surface area contributed by atoms with Crippen LogP contribution in [-0.4, -0.2) is 19.9 Å². The van der Waals surface area contributed by atoms with Crippen LogP contribution in [0.5, 0.6) is 0 Å². The van der Waals surface area contributed by atoms with Gasteiger partial charge >= 0.3 is 11.4 Å². The molecule has 0 aliphatic heterocycles. The number of aromatic nitrogens is 4. The Morgan fingerprint density at radius 3 is 2.15 bits per heavy atom. The average molecular weight is 421 g/mol. The summed E-state index contributed by atoms with van der Waals surface area (Å²) in [4.78, 5) is 52.9. The second kappa shape index (κ2) is 6.92. The summed E-state index contributed by atoms with van der Waals surface area (Å²) in [5.41, 5.74) is -1.67. The van der Waals surface area contributed by atoms with Gasteiger partial charge in [-0.15, -0.1) is 0 Å². The molecule has 0 saturated carbocycles. The van der Waals surface area contributed by atoms with Crippen molar-refractivity contribution in [1.29, 1.82) is 0 Å². The Morgan fingerprint density at radius 2 is 1.42 bits per heavy atom. The van der Waals surface area contributed by atoms with E-state index in [-0.39, 0.29) is 16.5 Å². The summed E-state index contributed by atoms with van der Waals surface area (Å²) >= 11 is 3.24. The number of rotatable bonds is 0. The van der Waals surface area contributed by atoms with E-state index < -0.39 is 22.8 Å². The summed E-state index contributed by atoms with van der Waals surface area (Å²) in [5, 5.41) is 0.605. The maximum absolute atomic E-state index is 13.0. The molecule has 0 aliphatic carbocycles. The highest BCUT2D eigenvalue weighted by Gasteiger charge is 2.03. The Bertz CT molecular complexity index is 1330. The predicted molar refractivity (Wildman–Crippen MR) is 98.0 cm³/mol. The minimum absolute atomic E-state index is 0.0590. The molecule has 2 aromatic carbocycles. The Kier molecular flexibility index (Phi) is 4.67. The lowest BCUT2D eigenvalue weighted by molar-refractivity contribution is 0.635. The monoisotopic (exact) mass is 420 g/mol. The molecular formula is C16H10BrFN4O4. The predicted octanol–water partition coefficient (Wildman–Crippen LogP) is 1.33. The Morgan fingerprint density at radius 1 is 0.769 bits per heavy atom. The number of aromatic amines is 4. The molecule has 4 rings (SSSR count). The molecule has 10 heteroatoms. The first-order valence-electron chi connectivity index (χ1n) is 7.18. The quantitative estimate of drug-likeness (QED) is 0.341. The lowest BCUT2D eigenvalue weighted by Crippen LogP contribution is -2.22. The van der Waals surface area contributed by atoms with E-state index in [0.29, 0.717) is 10.9 Å². The molecule has 4 N–H and O–H groups in total. The van der Waals surface area contributed by atoms with Crippen LogP contribution in [0.4, 0.5) is 4.39 Å². The number of para-hydroxylation sites is 1. The highest BCUT2D eigenvalue weighted by atomic mass is 79.9. The van der Waals surface area contributed by atoms with Crippen molar-refractivity contribution in [2.45, 2.75) is 0 Å². The molecule has 2 aromatic heterocycles. The summed E-state index contributed by atoms with van der Waals surface area (Å²) in [5.74, 6) is -0.610. The molecule has 0 spiro atoms. The van der Waals surface area contributed by atoms with E-state index >= 15 is 0 Å². The maximum Gasteiger partial charge on any atom is 0.326 e. The third-order valence-corrected chi connectivity index (χ3v) is 3.92. The number of H-pyrrole nitrogens is 4. The van der Waals surface area contributed by atoms with Gasteiger partial charge < -0.3 is 9.97 Å². The fourth-order valence-corrected chi connectivity index (χ4v) is 2.65. The number of hydrogen-bond donors (Lipinski definition) is 4. The second-order valence-corrected chi connectivity index (χ2v) is 6.08. The molecular weight excluding hydrogens is 411 g/mol. The summed E-state index contributed by atoms with van der Waals surface area (Å²) in [6.07, 6.45) is 0. The fourth-order valence-electron chi connectivity index (χ4n) is 2.29. The van der Waals surface area contributed by atoms with Crippen molar-refractivity contribution < 1.29 is 4.39 Å². The third-order valence-electron chi connectivity index (χ3n) is 3.43. The summed E-state index contributed by atoms with van der Waals surface area (Å²) in [6.45, 7) is 0. The van der Waals surface area contributed by atoms with E-state index in [2.05, 4.69) is 30.9 Å². The molecule has 0 radical (unpaired) electrons. The Hall–Kier alpha value is -3.27. The molecule has 8 nitrogen and oxygen atoms in total. The lowest BCUT2D eigenvalue weighted by Gasteiger charge is -1.95. The van der Waals surface area contributed by atoms with Gasteiger partial charge in [0.2, 0.25) is 0 Å². The molecule has 2 heterocycles. The van der Waals surface area contributed by atoms with Gasteiger partial charge in [0.15, 0.2) is 0 Å². The van der Waals surface area contributed by atoms with Crippen LogP contribution in [0.15, 0.2) is 60.0 Å². The molecule has 132 valence electrons. The third kappa shape index (κ3) is 3.54. The number of halogens is 2. The highest BCUT2D eigenvalue weighted by Crippen LogP contribution is 2.13. The standard InChI is InChI=1S/C8H5BrN2O2.C8H5FN2O2/c9-4-1-2-6-5(3-4)7(12)11-8(13)10-6;9-5-3-1-2-4-6(5)10-8(13)11-7(4)12/h2*1-3H,(H2,10,11,12,13). The first-order chi connectivity index (χ1) is 12.3. The normalized spacial score (nSPS) is 10.5. The van der Waals surface area contributed by atoms with Gasteiger partial charge in [0.25, 0.3) is 11.1 Å². The maximum atomic E-state index is 13.0. The zero-order chi connectivity index (χ0) is 18.8. The lowest BCUT2D eigenvalue weighted by atomic mass is 10.2. The van der Waals surface area contributed by atoms with E-state index in [4.69, 9.17) is 0 Å². The van der Waals surface area contributed by atoms with Crippen LogP contribution in [0, 0.1) is 5.82 Å². The molecule has 0 saturated heterocycles. The highest BCUT2D eigenvalue weighted by molar-refractivity contribution is 9.10. The average Bonchev–Trinajstić information content (AvgIpc) is 2.57. The van der Waals surface area contributed by atoms with E-state index in [1.54, 1.807) is 18.2 Å². The van der Waals surface area contributed by atoms with E-state index in [9.17, 15) is 23.6 Å². The number of hydrogen-bond acceptors (Lipinski definition) is 4. The van der Waals surface area contributed by atoms with Crippen molar-refractivity contribution in [3.63, 3.8) is 0 Å². The molecule has 0 aliphatic rings. The molecule has 0 bridgehead atoms. The van der Waals surface area contributed by atoms with Crippen LogP contribution < -0.4 is 22.5 Å². The van der Waals surface area contributed by atoms with E-state index in [1.165, 1.54) is 18.2 Å². The van der Waals surface area contributed by atoms with Crippen molar-refractivity contribution in [2.75, 3.05) is 0 Å². The van der Waals surface area contributed by atoms with Crippen molar-refractivity contribution in [1.82, 2.24) is 19.9 Å². The van der Waals surface area contributed by atoms with Crippen LogP contribution in [0.3, 0.4) is 0 Å². The molecule has 4 aromatic rings. The number of nitrogens with one attached hydrogen (secondary N) is 4. The molecule has 0 amide bonds. The number of benzene rings is 2. The van der Waals surface area contributed by atoms with Crippen molar-refractivity contribution >= 4 is 37.7 Å². The second-order valence-electron chi connectivity index (χ2n) is 5.17. The fraction of sp³-hybridized carbons (Fsp3) is 0. The molecule has 0 atom stereocenters. The molecule has 0 fully saturated rings. The zero-order valence-corrected chi connectivity index (χ0v) is 14.4. The summed E-state index contributed by atoms with van der Waals surface area (Å²) < 4.78 is 13.8. The largest absolute Gasteiger partial charge is 0.326 e. The van der Waals surface area contributed by atoms with Crippen LogP contribution >= 0.6 is 15.9 Å². The minimum atomic E-state index is -0.706. The van der Waals surface area contributed by atoms with E-state index in [1.807, 2.05) is 4.98 Å². The van der Waals surface area contributed by atoms with Gasteiger partial charge in [-0.05, 0) is 30.3 Å². The smallest absolute Gasteiger partial charge is 0.307 e. The zero-order valence-electron chi connectivity index (χ0n) is 12.9.